The number of hydrogen-bond acceptors (Lipinski definition) is 2. The average Bonchev–Trinajstić information content (AvgIpc) is 2.54. The van der Waals surface area contributed by atoms with Crippen LogP contribution >= 0.6 is 23.2 Å². The molecule has 0 saturated carbocycles. The Morgan fingerprint density at radius 3 is 1.39 bits per heavy atom. The van der Waals surface area contributed by atoms with E-state index in [2.05, 4.69) is 4.13 Å². The number of halogens is 2. The third-order valence-electron chi connectivity index (χ3n) is 2.67. The highest BCUT2D eigenvalue weighted by molar-refractivity contribution is 8.01. The maximum atomic E-state index is 11.8. The Hall–Kier alpha value is -1.24. The molecule has 1 N–H and O–H groups in total. The van der Waals surface area contributed by atoms with Crippen molar-refractivity contribution in [2.45, 2.75) is 0 Å². The number of hydrogen-bond donors (Lipinski definition) is 1. The van der Waals surface area contributed by atoms with Crippen molar-refractivity contribution in [3.8, 4) is 0 Å². The van der Waals surface area contributed by atoms with E-state index in [4.69, 9.17) is 23.2 Å². The Balaban J connectivity index is 1.88. The van der Waals surface area contributed by atoms with Crippen LogP contribution in [0.3, 0.4) is 0 Å². The van der Waals surface area contributed by atoms with Crippen molar-refractivity contribution in [1.82, 2.24) is 4.13 Å². The van der Waals surface area contributed by atoms with Gasteiger partial charge in [-0.15, -0.1) is 4.13 Å². The molecular formula is C16H13Cl2NO2S2. The Labute approximate surface area is 150 Å². The van der Waals surface area contributed by atoms with Crippen LogP contribution in [-0.2, 0) is 22.0 Å². The number of rotatable bonds is 6. The van der Waals surface area contributed by atoms with E-state index in [1.165, 1.54) is 10.8 Å². The second-order valence-corrected chi connectivity index (χ2v) is 7.66. The fourth-order valence-corrected chi connectivity index (χ4v) is 3.47. The maximum absolute atomic E-state index is 11.8. The second-order valence-electron chi connectivity index (χ2n) is 4.39. The van der Waals surface area contributed by atoms with Crippen molar-refractivity contribution in [2.24, 2.45) is 0 Å². The summed E-state index contributed by atoms with van der Waals surface area (Å²) < 4.78 is 26.0. The van der Waals surface area contributed by atoms with E-state index in [0.29, 0.717) is 10.0 Å². The highest BCUT2D eigenvalue weighted by Crippen LogP contribution is 2.11. The molecule has 3 nitrogen and oxygen atoms in total. The Bertz CT molecular complexity index is 691. The highest BCUT2D eigenvalue weighted by atomic mass is 35.5. The predicted octanol–water partition coefficient (Wildman–Crippen LogP) is 4.55. The highest BCUT2D eigenvalue weighted by Gasteiger charge is 1.98. The monoisotopic (exact) mass is 385 g/mol. The van der Waals surface area contributed by atoms with Gasteiger partial charge in [0.1, 0.15) is 22.0 Å². The van der Waals surface area contributed by atoms with Crippen LogP contribution in [0.1, 0.15) is 11.1 Å². The van der Waals surface area contributed by atoms with E-state index in [-0.39, 0.29) is 0 Å². The van der Waals surface area contributed by atoms with E-state index in [9.17, 15) is 8.42 Å². The van der Waals surface area contributed by atoms with Crippen molar-refractivity contribution >= 4 is 57.3 Å². The zero-order chi connectivity index (χ0) is 16.7. The van der Waals surface area contributed by atoms with Gasteiger partial charge >= 0.3 is 0 Å². The van der Waals surface area contributed by atoms with Crippen LogP contribution in [0, 0.1) is 0 Å². The van der Waals surface area contributed by atoms with Crippen LogP contribution in [0.2, 0.25) is 10.0 Å². The SMILES string of the molecule is O=S(/C=C\c1ccc(Cl)cc1)NS(=O)/C=C/c1ccc(Cl)cc1. The van der Waals surface area contributed by atoms with Crippen molar-refractivity contribution < 1.29 is 8.42 Å². The molecule has 7 heteroatoms. The minimum atomic E-state index is -1.55. The Morgan fingerprint density at radius 2 is 1.04 bits per heavy atom. The van der Waals surface area contributed by atoms with Crippen molar-refractivity contribution in [1.29, 1.82) is 0 Å². The third kappa shape index (κ3) is 6.81. The molecule has 2 unspecified atom stereocenters. The smallest absolute Gasteiger partial charge is 0.129 e. The van der Waals surface area contributed by atoms with E-state index < -0.39 is 22.0 Å². The average molecular weight is 386 g/mol. The molecule has 0 spiro atoms. The van der Waals surface area contributed by atoms with Crippen molar-refractivity contribution in [3.63, 3.8) is 0 Å². The summed E-state index contributed by atoms with van der Waals surface area (Å²) in [6.07, 6.45) is 3.33. The fraction of sp³-hybridized carbons (Fsp3) is 0. The fourth-order valence-electron chi connectivity index (χ4n) is 1.57. The molecule has 120 valence electrons. The summed E-state index contributed by atoms with van der Waals surface area (Å²) in [4.78, 5) is 0. The minimum Gasteiger partial charge on any atom is -0.237 e. The Morgan fingerprint density at radius 1 is 0.696 bits per heavy atom. The van der Waals surface area contributed by atoms with Crippen molar-refractivity contribution in [2.75, 3.05) is 0 Å². The molecule has 0 fully saturated rings. The lowest BCUT2D eigenvalue weighted by Gasteiger charge is -1.97. The molecule has 0 aliphatic heterocycles. The summed E-state index contributed by atoms with van der Waals surface area (Å²) in [6.45, 7) is 0. The van der Waals surface area contributed by atoms with Gasteiger partial charge in [-0.25, -0.2) is 8.42 Å². The lowest BCUT2D eigenvalue weighted by atomic mass is 10.2. The molecule has 0 aromatic heterocycles. The van der Waals surface area contributed by atoms with Gasteiger partial charge in [0, 0.05) is 20.9 Å². The van der Waals surface area contributed by atoms with Gasteiger partial charge < -0.3 is 0 Å². The molecule has 2 aromatic rings. The molecule has 0 heterocycles. The Kier molecular flexibility index (Phi) is 7.20. The van der Waals surface area contributed by atoms with Crippen LogP contribution in [0.15, 0.2) is 59.3 Å². The first kappa shape index (κ1) is 18.1. The first-order chi connectivity index (χ1) is 11.0. The van der Waals surface area contributed by atoms with Gasteiger partial charge in [-0.05, 0) is 47.5 Å². The number of nitrogens with one attached hydrogen (secondary N) is 1. The van der Waals surface area contributed by atoms with Gasteiger partial charge in [0.05, 0.1) is 0 Å². The van der Waals surface area contributed by atoms with Gasteiger partial charge in [-0.2, -0.15) is 0 Å². The van der Waals surface area contributed by atoms with E-state index in [1.807, 2.05) is 0 Å². The summed E-state index contributed by atoms with van der Waals surface area (Å²) >= 11 is 11.6. The van der Waals surface area contributed by atoms with Crippen LogP contribution < -0.4 is 4.13 Å². The molecule has 0 amide bonds. The summed E-state index contributed by atoms with van der Waals surface area (Å²) in [7, 11) is -3.11. The van der Waals surface area contributed by atoms with Gasteiger partial charge in [-0.1, -0.05) is 47.5 Å². The molecule has 0 bridgehead atoms. The molecule has 0 aliphatic carbocycles. The van der Waals surface area contributed by atoms with Crippen LogP contribution in [0.25, 0.3) is 12.2 Å². The van der Waals surface area contributed by atoms with Gasteiger partial charge in [0.25, 0.3) is 0 Å². The topological polar surface area (TPSA) is 46.2 Å². The van der Waals surface area contributed by atoms with Crippen LogP contribution in [0.4, 0.5) is 0 Å². The minimum absolute atomic E-state index is 0.634. The van der Waals surface area contributed by atoms with Gasteiger partial charge in [-0.3, -0.25) is 0 Å². The normalized spacial score (nSPS) is 14.3. The predicted molar refractivity (Wildman–Crippen MR) is 100 cm³/mol. The molecule has 0 aliphatic rings. The standard InChI is InChI=1S/C16H13Cl2NO2S2/c17-15-5-1-13(2-6-15)9-11-22(20)19-23(21)12-10-14-3-7-16(18)8-4-14/h1-12,19H/b11-9-,12-10+. The maximum Gasteiger partial charge on any atom is 0.129 e. The molecule has 2 aromatic carbocycles. The van der Waals surface area contributed by atoms with E-state index in [1.54, 1.807) is 60.7 Å². The summed E-state index contributed by atoms with van der Waals surface area (Å²) in [5.74, 6) is 0. The summed E-state index contributed by atoms with van der Waals surface area (Å²) in [6, 6.07) is 14.2. The summed E-state index contributed by atoms with van der Waals surface area (Å²) in [5, 5.41) is 4.12. The second kappa shape index (κ2) is 9.15. The van der Waals surface area contributed by atoms with Gasteiger partial charge in [0.2, 0.25) is 0 Å². The van der Waals surface area contributed by atoms with Gasteiger partial charge in [0.15, 0.2) is 0 Å². The molecular weight excluding hydrogens is 373 g/mol. The molecule has 2 atom stereocenters. The quantitative estimate of drug-likeness (QED) is 0.792. The van der Waals surface area contributed by atoms with Crippen LogP contribution in [-0.4, -0.2) is 8.42 Å². The molecule has 0 saturated heterocycles. The molecule has 0 radical (unpaired) electrons. The van der Waals surface area contributed by atoms with E-state index in [0.717, 1.165) is 11.1 Å². The molecule has 23 heavy (non-hydrogen) atoms. The van der Waals surface area contributed by atoms with E-state index >= 15 is 0 Å². The summed E-state index contributed by atoms with van der Waals surface area (Å²) in [5.41, 5.74) is 1.71. The lowest BCUT2D eigenvalue weighted by Crippen LogP contribution is -2.15. The molecule has 2 rings (SSSR count). The number of benzene rings is 2. The van der Waals surface area contributed by atoms with Crippen molar-refractivity contribution in [3.05, 3.63) is 80.5 Å². The zero-order valence-corrected chi connectivity index (χ0v) is 15.0. The first-order valence-corrected chi connectivity index (χ1v) is 9.66. The third-order valence-corrected chi connectivity index (χ3v) is 5.26. The lowest BCUT2D eigenvalue weighted by molar-refractivity contribution is 0.678. The first-order valence-electron chi connectivity index (χ1n) is 6.48. The van der Waals surface area contributed by atoms with Crippen LogP contribution in [0.5, 0.6) is 0 Å². The zero-order valence-electron chi connectivity index (χ0n) is 11.8. The largest absolute Gasteiger partial charge is 0.237 e.